The number of aryl methyl sites for hydroxylation is 1. The average Bonchev–Trinajstić information content (AvgIpc) is 3.00. The lowest BCUT2D eigenvalue weighted by Crippen LogP contribution is -2.26. The number of carbonyl (C=O) groups is 2. The smallest absolute Gasteiger partial charge is 0.305 e. The number of hydrogen-bond acceptors (Lipinski definition) is 7. The molecule has 0 aliphatic heterocycles. The largest absolute Gasteiger partial charge is 0.469 e. The molecule has 2 N–H and O–H groups in total. The van der Waals surface area contributed by atoms with Gasteiger partial charge in [0.25, 0.3) is 5.56 Å². The minimum absolute atomic E-state index is 0.118. The van der Waals surface area contributed by atoms with E-state index in [2.05, 4.69) is 26.9 Å². The Morgan fingerprint density at radius 2 is 2.26 bits per heavy atom. The van der Waals surface area contributed by atoms with E-state index in [4.69, 9.17) is 0 Å². The van der Waals surface area contributed by atoms with Crippen LogP contribution < -0.4 is 10.9 Å². The average molecular weight is 410 g/mol. The van der Waals surface area contributed by atoms with E-state index in [0.29, 0.717) is 24.0 Å². The molecule has 146 valence electrons. The Morgan fingerprint density at radius 1 is 1.44 bits per heavy atom. The van der Waals surface area contributed by atoms with Crippen LogP contribution in [0, 0.1) is 5.92 Å². The molecule has 0 radical (unpaired) electrons. The number of nitrogens with one attached hydrogen (secondary N) is 2. The van der Waals surface area contributed by atoms with Crippen LogP contribution in [-0.2, 0) is 27.2 Å². The van der Waals surface area contributed by atoms with E-state index in [9.17, 15) is 14.4 Å². The Labute approximate surface area is 165 Å². The first-order valence-corrected chi connectivity index (χ1v) is 10.8. The number of rotatable bonds is 7. The highest BCUT2D eigenvalue weighted by molar-refractivity contribution is 7.99. The molecule has 0 bridgehead atoms. The Morgan fingerprint density at radius 3 is 3.04 bits per heavy atom. The van der Waals surface area contributed by atoms with Crippen LogP contribution in [0.5, 0.6) is 0 Å². The summed E-state index contributed by atoms with van der Waals surface area (Å²) in [6, 6.07) is 0. The van der Waals surface area contributed by atoms with Crippen LogP contribution in [-0.4, -0.2) is 41.3 Å². The van der Waals surface area contributed by atoms with Gasteiger partial charge in [-0.2, -0.15) is 0 Å². The lowest BCUT2D eigenvalue weighted by Gasteiger charge is -2.17. The van der Waals surface area contributed by atoms with Gasteiger partial charge in [-0.25, -0.2) is 4.98 Å². The van der Waals surface area contributed by atoms with Gasteiger partial charge < -0.3 is 15.0 Å². The molecular formula is C18H23N3O4S2. The number of aromatic amines is 1. The van der Waals surface area contributed by atoms with Crippen molar-refractivity contribution in [2.75, 3.05) is 19.4 Å². The molecule has 0 fully saturated rings. The van der Waals surface area contributed by atoms with Gasteiger partial charge in [-0.3, -0.25) is 14.4 Å². The fourth-order valence-electron chi connectivity index (χ4n) is 3.14. The first-order chi connectivity index (χ1) is 13.0. The summed E-state index contributed by atoms with van der Waals surface area (Å²) >= 11 is 2.81. The summed E-state index contributed by atoms with van der Waals surface area (Å²) in [4.78, 5) is 44.8. The molecule has 1 aliphatic carbocycles. The van der Waals surface area contributed by atoms with E-state index in [1.54, 1.807) is 11.3 Å². The van der Waals surface area contributed by atoms with Crippen LogP contribution in [0.25, 0.3) is 10.2 Å². The summed E-state index contributed by atoms with van der Waals surface area (Å²) in [7, 11) is 1.34. The number of amides is 1. The first-order valence-electron chi connectivity index (χ1n) is 8.98. The minimum Gasteiger partial charge on any atom is -0.469 e. The predicted octanol–water partition coefficient (Wildman–Crippen LogP) is 2.27. The molecule has 9 heteroatoms. The summed E-state index contributed by atoms with van der Waals surface area (Å²) < 4.78 is 4.55. The van der Waals surface area contributed by atoms with E-state index in [-0.39, 0.29) is 29.6 Å². The normalized spacial score (nSPS) is 16.1. The molecule has 0 aromatic carbocycles. The standard InChI is InChI=1S/C18H23N3O4S2/c1-10-5-6-11-12(8-10)27-17-15(11)16(24)20-18(21-17)26-9-13(22)19-7-3-4-14(23)25-2/h10H,3-9H2,1-2H3,(H,19,22)(H,20,21,24)/t10-/m0/s1. The number of thioether (sulfide) groups is 1. The Balaban J connectivity index is 1.59. The van der Waals surface area contributed by atoms with Crippen LogP contribution in [0.15, 0.2) is 9.95 Å². The van der Waals surface area contributed by atoms with Gasteiger partial charge in [0.15, 0.2) is 5.16 Å². The van der Waals surface area contributed by atoms with Crippen molar-refractivity contribution < 1.29 is 14.3 Å². The zero-order valence-corrected chi connectivity index (χ0v) is 17.1. The van der Waals surface area contributed by atoms with Gasteiger partial charge in [0.1, 0.15) is 4.83 Å². The highest BCUT2D eigenvalue weighted by Gasteiger charge is 2.23. The third-order valence-corrected chi connectivity index (χ3v) is 6.61. The molecule has 1 amide bonds. The molecule has 0 saturated carbocycles. The van der Waals surface area contributed by atoms with Crippen LogP contribution in [0.1, 0.15) is 36.6 Å². The Hall–Kier alpha value is -1.87. The predicted molar refractivity (Wildman–Crippen MR) is 106 cm³/mol. The number of esters is 1. The minimum atomic E-state index is -0.290. The molecule has 27 heavy (non-hydrogen) atoms. The molecule has 3 rings (SSSR count). The van der Waals surface area contributed by atoms with E-state index in [1.807, 2.05) is 0 Å². The topological polar surface area (TPSA) is 101 Å². The summed E-state index contributed by atoms with van der Waals surface area (Å²) in [5.74, 6) is 0.351. The maximum atomic E-state index is 12.5. The number of fused-ring (bicyclic) bond motifs is 3. The van der Waals surface area contributed by atoms with Crippen molar-refractivity contribution in [2.24, 2.45) is 5.92 Å². The summed E-state index contributed by atoms with van der Waals surface area (Å²) in [6.45, 7) is 2.64. The number of thiophene rings is 1. The molecule has 2 aromatic heterocycles. The molecule has 0 saturated heterocycles. The molecule has 1 atom stereocenters. The molecule has 2 aromatic rings. The lowest BCUT2D eigenvalue weighted by molar-refractivity contribution is -0.140. The van der Waals surface area contributed by atoms with Crippen LogP contribution >= 0.6 is 23.1 Å². The second-order valence-corrected chi connectivity index (χ2v) is 8.77. The van der Waals surface area contributed by atoms with E-state index in [1.165, 1.54) is 23.7 Å². The van der Waals surface area contributed by atoms with Gasteiger partial charge in [0, 0.05) is 17.8 Å². The molecule has 0 unspecified atom stereocenters. The van der Waals surface area contributed by atoms with Crippen molar-refractivity contribution in [3.63, 3.8) is 0 Å². The van der Waals surface area contributed by atoms with Crippen molar-refractivity contribution >= 4 is 45.2 Å². The number of aromatic nitrogens is 2. The Kier molecular flexibility index (Phi) is 6.54. The molecule has 7 nitrogen and oxygen atoms in total. The van der Waals surface area contributed by atoms with Gasteiger partial charge in [-0.1, -0.05) is 18.7 Å². The zero-order valence-electron chi connectivity index (χ0n) is 15.4. The second kappa shape index (κ2) is 8.88. The van der Waals surface area contributed by atoms with Crippen molar-refractivity contribution in [2.45, 2.75) is 44.2 Å². The summed E-state index contributed by atoms with van der Waals surface area (Å²) in [6.07, 6.45) is 3.85. The van der Waals surface area contributed by atoms with Crippen molar-refractivity contribution in [3.8, 4) is 0 Å². The van der Waals surface area contributed by atoms with Gasteiger partial charge in [0.2, 0.25) is 5.91 Å². The van der Waals surface area contributed by atoms with Gasteiger partial charge >= 0.3 is 5.97 Å². The molecule has 0 spiro atoms. The monoisotopic (exact) mass is 409 g/mol. The van der Waals surface area contributed by atoms with E-state index in [0.717, 1.165) is 35.0 Å². The van der Waals surface area contributed by atoms with Crippen molar-refractivity contribution in [1.82, 2.24) is 15.3 Å². The fraction of sp³-hybridized carbons (Fsp3) is 0.556. The quantitative estimate of drug-likeness (QED) is 0.315. The van der Waals surface area contributed by atoms with Crippen LogP contribution in [0.3, 0.4) is 0 Å². The summed E-state index contributed by atoms with van der Waals surface area (Å²) in [5, 5.41) is 3.93. The van der Waals surface area contributed by atoms with Crippen LogP contribution in [0.4, 0.5) is 0 Å². The van der Waals surface area contributed by atoms with Crippen molar-refractivity contribution in [1.29, 1.82) is 0 Å². The van der Waals surface area contributed by atoms with Gasteiger partial charge in [-0.15, -0.1) is 11.3 Å². The highest BCUT2D eigenvalue weighted by atomic mass is 32.2. The molecule has 1 aliphatic rings. The number of nitrogens with zero attached hydrogens (tertiary/aromatic N) is 1. The number of ether oxygens (including phenoxy) is 1. The van der Waals surface area contributed by atoms with Crippen LogP contribution in [0.2, 0.25) is 0 Å². The first kappa shape index (κ1) is 19.9. The number of carbonyl (C=O) groups excluding carboxylic acids is 2. The van der Waals surface area contributed by atoms with E-state index >= 15 is 0 Å². The number of H-pyrrole nitrogens is 1. The Bertz CT molecular complexity index is 906. The lowest BCUT2D eigenvalue weighted by atomic mass is 9.89. The van der Waals surface area contributed by atoms with Crippen molar-refractivity contribution in [3.05, 3.63) is 20.8 Å². The zero-order chi connectivity index (χ0) is 19.4. The third-order valence-electron chi connectivity index (χ3n) is 4.59. The number of hydrogen-bond donors (Lipinski definition) is 2. The highest BCUT2D eigenvalue weighted by Crippen LogP contribution is 2.36. The SMILES string of the molecule is COC(=O)CCCNC(=O)CSc1nc2sc3c(c2c(=O)[nH]1)CC[C@H](C)C3. The third kappa shape index (κ3) is 4.90. The van der Waals surface area contributed by atoms with E-state index < -0.39 is 0 Å². The number of methoxy groups -OCH3 is 1. The van der Waals surface area contributed by atoms with Gasteiger partial charge in [-0.05, 0) is 37.2 Å². The maximum absolute atomic E-state index is 12.5. The second-order valence-electron chi connectivity index (χ2n) is 6.72. The fourth-order valence-corrected chi connectivity index (χ4v) is 5.28. The molecule has 2 heterocycles. The summed E-state index contributed by atoms with van der Waals surface area (Å²) in [5.41, 5.74) is 1.04. The molecular weight excluding hydrogens is 386 g/mol. The maximum Gasteiger partial charge on any atom is 0.305 e. The van der Waals surface area contributed by atoms with Gasteiger partial charge in [0.05, 0.1) is 18.2 Å².